The maximum absolute atomic E-state index is 12.3. The van der Waals surface area contributed by atoms with E-state index in [0.29, 0.717) is 19.3 Å². The summed E-state index contributed by atoms with van der Waals surface area (Å²) in [4.78, 5) is 0. The van der Waals surface area contributed by atoms with E-state index in [0.717, 1.165) is 12.8 Å². The molecule has 4 fully saturated rings. The molecule has 4 rings (SSSR count). The molecule has 0 amide bonds. The van der Waals surface area contributed by atoms with E-state index >= 15 is 0 Å². The highest BCUT2D eigenvalue weighted by atomic mass is 16.3. The molecule has 0 unspecified atom stereocenters. The first-order valence-electron chi connectivity index (χ1n) is 13.5. The van der Waals surface area contributed by atoms with Crippen molar-refractivity contribution in [3.8, 4) is 0 Å². The van der Waals surface area contributed by atoms with Crippen LogP contribution in [0.15, 0.2) is 12.2 Å². The molecule has 0 aromatic carbocycles. The van der Waals surface area contributed by atoms with Crippen molar-refractivity contribution >= 4 is 0 Å². The largest absolute Gasteiger partial charge is 0.396 e. The molecule has 6 nitrogen and oxygen atoms in total. The van der Waals surface area contributed by atoms with Gasteiger partial charge in [0.25, 0.3) is 0 Å². The molecular formula is C28H48O6. The smallest absolute Gasteiger partial charge is 0.0857 e. The number of fused-ring (bicyclic) bond motifs is 5. The molecule has 4 aliphatic carbocycles. The first-order chi connectivity index (χ1) is 15.8. The van der Waals surface area contributed by atoms with Crippen LogP contribution in [-0.4, -0.2) is 67.3 Å². The van der Waals surface area contributed by atoms with Gasteiger partial charge in [-0.1, -0.05) is 46.8 Å². The summed E-state index contributed by atoms with van der Waals surface area (Å²) < 4.78 is 0. The number of rotatable bonds is 5. The predicted molar refractivity (Wildman–Crippen MR) is 131 cm³/mol. The van der Waals surface area contributed by atoms with E-state index in [-0.39, 0.29) is 54.0 Å². The van der Waals surface area contributed by atoms with Crippen LogP contribution in [0.3, 0.4) is 0 Å². The summed E-state index contributed by atoms with van der Waals surface area (Å²) in [6.07, 6.45) is 4.61. The van der Waals surface area contributed by atoms with Crippen LogP contribution in [-0.2, 0) is 0 Å². The van der Waals surface area contributed by atoms with E-state index in [4.69, 9.17) is 0 Å². The molecule has 4 saturated carbocycles. The zero-order chi connectivity index (χ0) is 25.2. The third-order valence-corrected chi connectivity index (χ3v) is 11.3. The summed E-state index contributed by atoms with van der Waals surface area (Å²) in [5.74, 6) is -0.0201. The molecule has 6 heteroatoms. The van der Waals surface area contributed by atoms with Gasteiger partial charge in [0, 0.05) is 24.9 Å². The molecule has 0 aromatic rings. The van der Waals surface area contributed by atoms with Gasteiger partial charge in [-0.2, -0.15) is 0 Å². The molecule has 196 valence electrons. The number of allylic oxidation sites excluding steroid dienone is 2. The fraction of sp³-hybridized carbons (Fsp3) is 0.929. The minimum Gasteiger partial charge on any atom is -0.396 e. The van der Waals surface area contributed by atoms with Gasteiger partial charge in [-0.15, -0.1) is 0 Å². The van der Waals surface area contributed by atoms with Gasteiger partial charge in [-0.3, -0.25) is 0 Å². The summed E-state index contributed by atoms with van der Waals surface area (Å²) in [5.41, 5.74) is -1.93. The first kappa shape index (κ1) is 26.6. The maximum Gasteiger partial charge on any atom is 0.0857 e. The van der Waals surface area contributed by atoms with Gasteiger partial charge in [-0.25, -0.2) is 0 Å². The Hall–Kier alpha value is -0.500. The van der Waals surface area contributed by atoms with Crippen molar-refractivity contribution in [3.63, 3.8) is 0 Å². The van der Waals surface area contributed by atoms with Gasteiger partial charge in [0.05, 0.1) is 30.0 Å². The van der Waals surface area contributed by atoms with Crippen LogP contribution in [0.2, 0.25) is 0 Å². The topological polar surface area (TPSA) is 121 Å². The average molecular weight is 481 g/mol. The van der Waals surface area contributed by atoms with Crippen LogP contribution in [0.4, 0.5) is 0 Å². The van der Waals surface area contributed by atoms with Gasteiger partial charge in [0.2, 0.25) is 0 Å². The number of hydrogen-bond donors (Lipinski definition) is 6. The van der Waals surface area contributed by atoms with Crippen LogP contribution in [0.5, 0.6) is 0 Å². The number of aliphatic hydroxyl groups is 6. The van der Waals surface area contributed by atoms with Crippen molar-refractivity contribution in [1.29, 1.82) is 0 Å². The quantitative estimate of drug-likeness (QED) is 0.336. The van der Waals surface area contributed by atoms with Crippen molar-refractivity contribution in [2.45, 2.75) is 103 Å². The summed E-state index contributed by atoms with van der Waals surface area (Å²) in [6, 6.07) is 0. The molecule has 34 heavy (non-hydrogen) atoms. The van der Waals surface area contributed by atoms with E-state index in [1.54, 1.807) is 0 Å². The standard InChI is InChI=1S/C28H48O6/c1-15(17(3)14-29)6-7-16(2)18-12-20(31)25-26(18,4)11-9-22-27(5)10-8-19(30)24(33)23(27)21(32)13-28(22,25)34/h6-7,15-25,29-34H,8-14H2,1-5H3/b7-6+/t15-,16+,17-,18-,19+,20-,21+,22-,23+,24+,25-,26-,27-,28+/m1/s1. The third kappa shape index (κ3) is 3.83. The van der Waals surface area contributed by atoms with Gasteiger partial charge in [0.1, 0.15) is 0 Å². The summed E-state index contributed by atoms with van der Waals surface area (Å²) >= 11 is 0. The summed E-state index contributed by atoms with van der Waals surface area (Å²) in [6.45, 7) is 10.8. The van der Waals surface area contributed by atoms with E-state index in [9.17, 15) is 30.6 Å². The zero-order valence-corrected chi connectivity index (χ0v) is 21.6. The predicted octanol–water partition coefficient (Wildman–Crippen LogP) is 2.49. The normalized spacial score (nSPS) is 53.6. The second-order valence-electron chi connectivity index (χ2n) is 13.1. The molecule has 0 aromatic heterocycles. The zero-order valence-electron chi connectivity index (χ0n) is 21.6. The average Bonchev–Trinajstić information content (AvgIpc) is 3.05. The van der Waals surface area contributed by atoms with Gasteiger partial charge in [0.15, 0.2) is 0 Å². The second kappa shape index (κ2) is 9.11. The Bertz CT molecular complexity index is 772. The van der Waals surface area contributed by atoms with E-state index < -0.39 is 41.3 Å². The lowest BCUT2D eigenvalue weighted by Crippen LogP contribution is -2.70. The van der Waals surface area contributed by atoms with Crippen molar-refractivity contribution in [2.24, 2.45) is 52.3 Å². The SMILES string of the molecule is C[C@H](/C=C/[C@H](C)[C@H]1C[C@@H](O)[C@@H]2[C@]1(C)CC[C@@H]1[C@@]3(C)CC[C@H](O)[C@H](O)[C@@H]3[C@@H](O)C[C@]12O)[C@H](C)CO. The number of aliphatic hydroxyl groups excluding tert-OH is 5. The Morgan fingerprint density at radius 3 is 2.18 bits per heavy atom. The molecule has 6 N–H and O–H groups in total. The molecule has 0 aliphatic heterocycles. The third-order valence-electron chi connectivity index (χ3n) is 11.3. The van der Waals surface area contributed by atoms with Crippen molar-refractivity contribution in [3.05, 3.63) is 12.2 Å². The molecule has 0 spiro atoms. The number of hydrogen-bond acceptors (Lipinski definition) is 6. The Morgan fingerprint density at radius 2 is 1.53 bits per heavy atom. The fourth-order valence-corrected chi connectivity index (χ4v) is 9.29. The van der Waals surface area contributed by atoms with Crippen molar-refractivity contribution in [1.82, 2.24) is 0 Å². The summed E-state index contributed by atoms with van der Waals surface area (Å²) in [5, 5.41) is 65.5. The van der Waals surface area contributed by atoms with Crippen molar-refractivity contribution in [2.75, 3.05) is 6.61 Å². The summed E-state index contributed by atoms with van der Waals surface area (Å²) in [7, 11) is 0. The minimum absolute atomic E-state index is 0.127. The fourth-order valence-electron chi connectivity index (χ4n) is 9.29. The minimum atomic E-state index is -1.20. The highest BCUT2D eigenvalue weighted by Crippen LogP contribution is 2.69. The molecule has 0 heterocycles. The van der Waals surface area contributed by atoms with Crippen LogP contribution < -0.4 is 0 Å². The maximum atomic E-state index is 12.3. The van der Waals surface area contributed by atoms with Crippen LogP contribution in [0.1, 0.15) is 73.1 Å². The lowest BCUT2D eigenvalue weighted by molar-refractivity contribution is -0.280. The Morgan fingerprint density at radius 1 is 0.882 bits per heavy atom. The molecule has 0 saturated heterocycles. The van der Waals surface area contributed by atoms with Crippen LogP contribution >= 0.6 is 0 Å². The molecule has 0 bridgehead atoms. The van der Waals surface area contributed by atoms with E-state index in [1.807, 2.05) is 6.92 Å². The van der Waals surface area contributed by atoms with Crippen LogP contribution in [0, 0.1) is 52.3 Å². The highest BCUT2D eigenvalue weighted by molar-refractivity contribution is 5.21. The molecule has 4 aliphatic rings. The van der Waals surface area contributed by atoms with Gasteiger partial charge in [-0.05, 0) is 72.5 Å². The second-order valence-corrected chi connectivity index (χ2v) is 13.1. The van der Waals surface area contributed by atoms with Crippen LogP contribution in [0.25, 0.3) is 0 Å². The lowest BCUT2D eigenvalue weighted by atomic mass is 9.41. The molecule has 14 atom stereocenters. The first-order valence-corrected chi connectivity index (χ1v) is 13.5. The van der Waals surface area contributed by atoms with E-state index in [2.05, 4.69) is 39.8 Å². The Balaban J connectivity index is 1.63. The van der Waals surface area contributed by atoms with Gasteiger partial charge < -0.3 is 30.6 Å². The Kier molecular flexibility index (Phi) is 7.12. The van der Waals surface area contributed by atoms with Crippen molar-refractivity contribution < 1.29 is 30.6 Å². The Labute approximate surface area is 205 Å². The molecule has 0 radical (unpaired) electrons. The highest BCUT2D eigenvalue weighted by Gasteiger charge is 2.71. The van der Waals surface area contributed by atoms with Gasteiger partial charge >= 0.3 is 0 Å². The lowest BCUT2D eigenvalue weighted by Gasteiger charge is -2.66. The van der Waals surface area contributed by atoms with E-state index in [1.165, 1.54) is 0 Å². The monoisotopic (exact) mass is 480 g/mol. The molecular weight excluding hydrogens is 432 g/mol.